The Balaban J connectivity index is 2.12. The fraction of sp³-hybridized carbons (Fsp3) is 0.412. The molecule has 2 atom stereocenters. The van der Waals surface area contributed by atoms with Gasteiger partial charge in [-0.05, 0) is 18.9 Å². The molecule has 0 bridgehead atoms. The Morgan fingerprint density at radius 3 is 2.74 bits per heavy atom. The third kappa shape index (κ3) is 3.08. The van der Waals surface area contributed by atoms with E-state index in [9.17, 15) is 9.59 Å². The molecule has 3 rings (SSSR count). The lowest BCUT2D eigenvalue weighted by Crippen LogP contribution is -2.18. The van der Waals surface area contributed by atoms with Crippen molar-refractivity contribution in [3.8, 4) is 0 Å². The number of benzene rings is 1. The van der Waals surface area contributed by atoms with E-state index in [1.807, 2.05) is 35.0 Å². The van der Waals surface area contributed by atoms with E-state index in [1.54, 1.807) is 0 Å². The summed E-state index contributed by atoms with van der Waals surface area (Å²) in [7, 11) is 0. The van der Waals surface area contributed by atoms with Crippen LogP contribution in [0.15, 0.2) is 35.1 Å². The number of hydrogen-bond acceptors (Lipinski definition) is 3. The first-order valence-corrected chi connectivity index (χ1v) is 8.97. The van der Waals surface area contributed by atoms with Gasteiger partial charge in [-0.25, -0.2) is 0 Å². The number of thioether (sulfide) groups is 1. The number of fused-ring (bicyclic) bond motifs is 1. The van der Waals surface area contributed by atoms with Crippen molar-refractivity contribution in [3.05, 3.63) is 51.8 Å². The minimum Gasteiger partial charge on any atom is -0.310 e. The van der Waals surface area contributed by atoms with Gasteiger partial charge in [0.15, 0.2) is 0 Å². The van der Waals surface area contributed by atoms with Crippen molar-refractivity contribution in [1.82, 2.24) is 9.78 Å². The summed E-state index contributed by atoms with van der Waals surface area (Å²) in [6, 6.07) is 10.0. The monoisotopic (exact) mass is 331 g/mol. The van der Waals surface area contributed by atoms with Gasteiger partial charge in [-0.15, -0.1) is 11.8 Å². The van der Waals surface area contributed by atoms with Gasteiger partial charge in [-0.2, -0.15) is 0 Å². The van der Waals surface area contributed by atoms with E-state index < -0.39 is 0 Å². The molecule has 5 nitrogen and oxygen atoms in total. The van der Waals surface area contributed by atoms with E-state index >= 15 is 0 Å². The predicted molar refractivity (Wildman–Crippen MR) is 94.0 cm³/mol. The molecule has 0 radical (unpaired) electrons. The van der Waals surface area contributed by atoms with Crippen molar-refractivity contribution in [1.29, 1.82) is 0 Å². The second kappa shape index (κ2) is 6.66. The van der Waals surface area contributed by atoms with Crippen LogP contribution in [-0.4, -0.2) is 21.4 Å². The van der Waals surface area contributed by atoms with Gasteiger partial charge in [-0.1, -0.05) is 43.7 Å². The Morgan fingerprint density at radius 1 is 1.30 bits per heavy atom. The Kier molecular flexibility index (Phi) is 4.61. The fourth-order valence-electron chi connectivity index (χ4n) is 3.01. The number of carbonyl (C=O) groups excluding carboxylic acids is 1. The number of anilines is 1. The molecule has 0 unspecified atom stereocenters. The highest BCUT2D eigenvalue weighted by molar-refractivity contribution is 8.00. The molecule has 0 spiro atoms. The molecule has 2 heterocycles. The van der Waals surface area contributed by atoms with Crippen LogP contribution >= 0.6 is 11.8 Å². The molecule has 0 aliphatic carbocycles. The smallest absolute Gasteiger partial charge is 0.270 e. The normalized spacial score (nSPS) is 18.9. The average Bonchev–Trinajstić information content (AvgIpc) is 2.76. The fourth-order valence-corrected chi connectivity index (χ4v) is 4.14. The molecule has 1 amide bonds. The van der Waals surface area contributed by atoms with Crippen molar-refractivity contribution < 1.29 is 4.79 Å². The van der Waals surface area contributed by atoms with Gasteiger partial charge in [0.25, 0.3) is 5.56 Å². The van der Waals surface area contributed by atoms with Crippen molar-refractivity contribution in [2.45, 2.75) is 38.0 Å². The Labute approximate surface area is 139 Å². The topological polar surface area (TPSA) is 66.9 Å². The number of aromatic amines is 1. The van der Waals surface area contributed by atoms with Crippen LogP contribution in [0.2, 0.25) is 0 Å². The first kappa shape index (κ1) is 15.9. The van der Waals surface area contributed by atoms with Gasteiger partial charge in [0.1, 0.15) is 5.82 Å². The number of rotatable bonds is 4. The van der Waals surface area contributed by atoms with Gasteiger partial charge >= 0.3 is 0 Å². The number of nitrogens with one attached hydrogen (secondary N) is 2. The van der Waals surface area contributed by atoms with Crippen molar-refractivity contribution in [2.75, 3.05) is 11.1 Å². The summed E-state index contributed by atoms with van der Waals surface area (Å²) in [5, 5.41) is 5.71. The van der Waals surface area contributed by atoms with E-state index in [0.717, 1.165) is 18.4 Å². The molecule has 1 aromatic heterocycles. The Bertz CT molecular complexity index is 751. The highest BCUT2D eigenvalue weighted by atomic mass is 32.2. The zero-order valence-electron chi connectivity index (χ0n) is 13.3. The standard InChI is InChI=1S/C17H21N3O2S/c1-3-7-11(2)20-16-14(17(22)19-20)15(23-10-13(21)18-16)12-8-5-4-6-9-12/h4-6,8-9,11,15H,3,7,10H2,1-2H3,(H,18,21)(H,19,22)/t11-,15+/m0/s1. The quantitative estimate of drug-likeness (QED) is 0.903. The van der Waals surface area contributed by atoms with E-state index in [0.29, 0.717) is 17.1 Å². The first-order valence-electron chi connectivity index (χ1n) is 7.92. The van der Waals surface area contributed by atoms with Crippen molar-refractivity contribution in [2.24, 2.45) is 0 Å². The Morgan fingerprint density at radius 2 is 2.04 bits per heavy atom. The Hall–Kier alpha value is -1.95. The summed E-state index contributed by atoms with van der Waals surface area (Å²) in [6.45, 7) is 4.17. The maximum absolute atomic E-state index is 12.6. The summed E-state index contributed by atoms with van der Waals surface area (Å²) < 4.78 is 1.82. The largest absolute Gasteiger partial charge is 0.310 e. The molecule has 1 aliphatic rings. The van der Waals surface area contributed by atoms with Gasteiger partial charge in [0.2, 0.25) is 5.91 Å². The second-order valence-electron chi connectivity index (χ2n) is 5.86. The molecule has 23 heavy (non-hydrogen) atoms. The number of carbonyl (C=O) groups is 1. The van der Waals surface area contributed by atoms with Crippen LogP contribution in [0.1, 0.15) is 49.1 Å². The van der Waals surface area contributed by atoms with Gasteiger partial charge in [0, 0.05) is 6.04 Å². The van der Waals surface area contributed by atoms with Crippen LogP contribution < -0.4 is 10.9 Å². The SMILES string of the molecule is CCC[C@H](C)n1[nH]c(=O)c2c1NC(=O)CS[C@@H]2c1ccccc1. The number of aromatic nitrogens is 2. The summed E-state index contributed by atoms with van der Waals surface area (Å²) in [4.78, 5) is 24.7. The van der Waals surface area contributed by atoms with Gasteiger partial charge in [-0.3, -0.25) is 19.4 Å². The van der Waals surface area contributed by atoms with E-state index in [-0.39, 0.29) is 22.8 Å². The van der Waals surface area contributed by atoms with Gasteiger partial charge in [0.05, 0.1) is 16.6 Å². The molecule has 0 saturated heterocycles. The predicted octanol–water partition coefficient (Wildman–Crippen LogP) is 3.31. The number of nitrogens with zero attached hydrogens (tertiary/aromatic N) is 1. The molecule has 122 valence electrons. The summed E-state index contributed by atoms with van der Waals surface area (Å²) >= 11 is 1.50. The summed E-state index contributed by atoms with van der Waals surface area (Å²) in [5.41, 5.74) is 1.57. The second-order valence-corrected chi connectivity index (χ2v) is 6.95. The summed E-state index contributed by atoms with van der Waals surface area (Å²) in [5.74, 6) is 0.904. The van der Waals surface area contributed by atoms with Crippen LogP contribution in [-0.2, 0) is 4.79 Å². The third-order valence-corrected chi connectivity index (χ3v) is 5.38. The molecule has 1 aromatic carbocycles. The zero-order chi connectivity index (χ0) is 16.4. The highest BCUT2D eigenvalue weighted by Gasteiger charge is 2.31. The molecule has 0 saturated carbocycles. The number of hydrogen-bond donors (Lipinski definition) is 2. The lowest BCUT2D eigenvalue weighted by Gasteiger charge is -2.17. The van der Waals surface area contributed by atoms with E-state index in [2.05, 4.69) is 24.3 Å². The van der Waals surface area contributed by atoms with Crippen LogP contribution in [0.3, 0.4) is 0 Å². The number of H-pyrrole nitrogens is 1. The van der Waals surface area contributed by atoms with E-state index in [1.165, 1.54) is 11.8 Å². The first-order chi connectivity index (χ1) is 11.1. The highest BCUT2D eigenvalue weighted by Crippen LogP contribution is 2.40. The molecule has 2 N–H and O–H groups in total. The van der Waals surface area contributed by atoms with E-state index in [4.69, 9.17) is 0 Å². The zero-order valence-corrected chi connectivity index (χ0v) is 14.2. The molecular formula is C17H21N3O2S. The lowest BCUT2D eigenvalue weighted by molar-refractivity contribution is -0.113. The van der Waals surface area contributed by atoms with Gasteiger partial charge < -0.3 is 5.32 Å². The van der Waals surface area contributed by atoms with Crippen LogP contribution in [0.5, 0.6) is 0 Å². The molecule has 6 heteroatoms. The van der Waals surface area contributed by atoms with Crippen molar-refractivity contribution in [3.63, 3.8) is 0 Å². The summed E-state index contributed by atoms with van der Waals surface area (Å²) in [6.07, 6.45) is 1.96. The van der Waals surface area contributed by atoms with Crippen LogP contribution in [0.4, 0.5) is 5.82 Å². The number of amides is 1. The molecule has 1 aliphatic heterocycles. The van der Waals surface area contributed by atoms with Crippen LogP contribution in [0.25, 0.3) is 0 Å². The average molecular weight is 331 g/mol. The minimum atomic E-state index is -0.135. The lowest BCUT2D eigenvalue weighted by atomic mass is 10.1. The maximum atomic E-state index is 12.6. The molecule has 0 fully saturated rings. The minimum absolute atomic E-state index is 0.0638. The maximum Gasteiger partial charge on any atom is 0.270 e. The third-order valence-electron chi connectivity index (χ3n) is 4.11. The van der Waals surface area contributed by atoms with Crippen molar-refractivity contribution >= 4 is 23.5 Å². The van der Waals surface area contributed by atoms with Crippen LogP contribution in [0, 0.1) is 0 Å². The molecular weight excluding hydrogens is 310 g/mol. The molecule has 2 aromatic rings.